The average Bonchev–Trinajstić information content (AvgIpc) is 2.05. The van der Waals surface area contributed by atoms with E-state index in [-0.39, 0.29) is 6.10 Å². The molecule has 0 aromatic rings. The number of nitrogens with zero attached hydrogens (tertiary/aromatic N) is 1. The number of hydrazine groups is 1. The maximum absolute atomic E-state index is 11.2. The standard InChI is InChI=1S/C8H12N2O2/c1-7(2)12-8(11)10-6-4-3-5-9-10/h3-7,9H,1-2H3. The van der Waals surface area contributed by atoms with Crippen LogP contribution in [-0.2, 0) is 4.74 Å². The van der Waals surface area contributed by atoms with E-state index in [0.29, 0.717) is 0 Å². The van der Waals surface area contributed by atoms with Gasteiger partial charge in [-0.1, -0.05) is 0 Å². The first-order valence-corrected chi connectivity index (χ1v) is 3.79. The van der Waals surface area contributed by atoms with E-state index in [1.807, 2.05) is 0 Å². The minimum Gasteiger partial charge on any atom is -0.445 e. The first-order valence-electron chi connectivity index (χ1n) is 3.79. The van der Waals surface area contributed by atoms with Crippen LogP contribution in [0.2, 0.25) is 0 Å². The van der Waals surface area contributed by atoms with Gasteiger partial charge in [0, 0.05) is 12.4 Å². The lowest BCUT2D eigenvalue weighted by molar-refractivity contribution is 0.0811. The lowest BCUT2D eigenvalue weighted by Gasteiger charge is -2.20. The van der Waals surface area contributed by atoms with E-state index in [2.05, 4.69) is 5.43 Å². The van der Waals surface area contributed by atoms with Gasteiger partial charge in [-0.25, -0.2) is 4.79 Å². The maximum atomic E-state index is 11.2. The summed E-state index contributed by atoms with van der Waals surface area (Å²) < 4.78 is 4.93. The van der Waals surface area contributed by atoms with E-state index >= 15 is 0 Å². The van der Waals surface area contributed by atoms with Crippen LogP contribution in [0.15, 0.2) is 24.6 Å². The normalized spacial score (nSPS) is 14.8. The Labute approximate surface area is 71.5 Å². The lowest BCUT2D eigenvalue weighted by atomic mass is 10.5. The van der Waals surface area contributed by atoms with E-state index in [1.165, 1.54) is 5.01 Å². The van der Waals surface area contributed by atoms with Crippen molar-refractivity contribution in [2.75, 3.05) is 0 Å². The van der Waals surface area contributed by atoms with Crippen molar-refractivity contribution >= 4 is 6.09 Å². The van der Waals surface area contributed by atoms with E-state index in [9.17, 15) is 4.79 Å². The van der Waals surface area contributed by atoms with Gasteiger partial charge in [0.15, 0.2) is 0 Å². The van der Waals surface area contributed by atoms with Crippen LogP contribution in [0.25, 0.3) is 0 Å². The molecule has 0 aromatic carbocycles. The first-order chi connectivity index (χ1) is 5.70. The summed E-state index contributed by atoms with van der Waals surface area (Å²) in [7, 11) is 0. The highest BCUT2D eigenvalue weighted by Crippen LogP contribution is 1.99. The number of amides is 1. The van der Waals surface area contributed by atoms with Crippen LogP contribution in [0, 0.1) is 0 Å². The number of hydrogen-bond acceptors (Lipinski definition) is 3. The summed E-state index contributed by atoms with van der Waals surface area (Å²) in [5, 5.41) is 1.28. The van der Waals surface area contributed by atoms with Crippen molar-refractivity contribution in [1.82, 2.24) is 10.4 Å². The molecule has 66 valence electrons. The Balaban J connectivity index is 2.42. The average molecular weight is 168 g/mol. The van der Waals surface area contributed by atoms with E-state index in [4.69, 9.17) is 4.74 Å². The minimum absolute atomic E-state index is 0.0985. The van der Waals surface area contributed by atoms with Crippen molar-refractivity contribution in [2.45, 2.75) is 20.0 Å². The minimum atomic E-state index is -0.398. The molecule has 0 unspecified atom stereocenters. The summed E-state index contributed by atoms with van der Waals surface area (Å²) in [4.78, 5) is 11.2. The molecule has 0 fully saturated rings. The van der Waals surface area contributed by atoms with Gasteiger partial charge in [0.25, 0.3) is 0 Å². The molecule has 0 radical (unpaired) electrons. The summed E-state index contributed by atoms with van der Waals surface area (Å²) >= 11 is 0. The van der Waals surface area contributed by atoms with Crippen molar-refractivity contribution in [3.05, 3.63) is 24.6 Å². The maximum Gasteiger partial charge on any atom is 0.433 e. The van der Waals surface area contributed by atoms with E-state index in [1.54, 1.807) is 38.4 Å². The van der Waals surface area contributed by atoms with Crippen LogP contribution >= 0.6 is 0 Å². The van der Waals surface area contributed by atoms with E-state index in [0.717, 1.165) is 0 Å². The van der Waals surface area contributed by atoms with Crippen LogP contribution < -0.4 is 5.43 Å². The van der Waals surface area contributed by atoms with Crippen molar-refractivity contribution in [3.63, 3.8) is 0 Å². The predicted octanol–water partition coefficient (Wildman–Crippen LogP) is 1.38. The lowest BCUT2D eigenvalue weighted by Crippen LogP contribution is -2.37. The first kappa shape index (κ1) is 8.64. The van der Waals surface area contributed by atoms with Crippen molar-refractivity contribution < 1.29 is 9.53 Å². The highest BCUT2D eigenvalue weighted by Gasteiger charge is 2.12. The molecule has 1 amide bonds. The van der Waals surface area contributed by atoms with Gasteiger partial charge >= 0.3 is 6.09 Å². The van der Waals surface area contributed by atoms with Gasteiger partial charge in [0.05, 0.1) is 6.10 Å². The molecule has 0 saturated heterocycles. The summed E-state index contributed by atoms with van der Waals surface area (Å²) in [6, 6.07) is 0. The van der Waals surface area contributed by atoms with E-state index < -0.39 is 6.09 Å². The largest absolute Gasteiger partial charge is 0.445 e. The second-order valence-electron chi connectivity index (χ2n) is 2.63. The quantitative estimate of drug-likeness (QED) is 0.643. The van der Waals surface area contributed by atoms with Crippen molar-refractivity contribution in [2.24, 2.45) is 0 Å². The number of rotatable bonds is 1. The molecule has 4 heteroatoms. The fourth-order valence-corrected chi connectivity index (χ4v) is 0.730. The van der Waals surface area contributed by atoms with Crippen LogP contribution in [0.3, 0.4) is 0 Å². The number of carbonyl (C=O) groups excluding carboxylic acids is 1. The highest BCUT2D eigenvalue weighted by molar-refractivity contribution is 5.68. The third-order valence-corrected chi connectivity index (χ3v) is 1.19. The third-order valence-electron chi connectivity index (χ3n) is 1.19. The van der Waals surface area contributed by atoms with Crippen LogP contribution in [-0.4, -0.2) is 17.2 Å². The fourth-order valence-electron chi connectivity index (χ4n) is 0.730. The van der Waals surface area contributed by atoms with Crippen molar-refractivity contribution in [3.8, 4) is 0 Å². The molecule has 1 aliphatic heterocycles. The van der Waals surface area contributed by atoms with Gasteiger partial charge in [0.1, 0.15) is 0 Å². The number of carbonyl (C=O) groups is 1. The monoisotopic (exact) mass is 168 g/mol. The molecular weight excluding hydrogens is 156 g/mol. The second kappa shape index (κ2) is 3.80. The summed E-state index contributed by atoms with van der Waals surface area (Å²) in [5.74, 6) is 0. The smallest absolute Gasteiger partial charge is 0.433 e. The molecule has 0 bridgehead atoms. The highest BCUT2D eigenvalue weighted by atomic mass is 16.6. The zero-order valence-electron chi connectivity index (χ0n) is 7.15. The molecule has 12 heavy (non-hydrogen) atoms. The molecule has 1 aliphatic rings. The Hall–Kier alpha value is -1.45. The molecule has 0 aliphatic carbocycles. The Kier molecular flexibility index (Phi) is 2.74. The zero-order chi connectivity index (χ0) is 8.97. The molecule has 4 nitrogen and oxygen atoms in total. The molecule has 0 atom stereocenters. The second-order valence-corrected chi connectivity index (χ2v) is 2.63. The number of nitrogens with one attached hydrogen (secondary N) is 1. The van der Waals surface area contributed by atoms with Crippen LogP contribution in [0.1, 0.15) is 13.8 Å². The Morgan fingerprint density at radius 1 is 1.50 bits per heavy atom. The molecule has 1 N–H and O–H groups in total. The summed E-state index contributed by atoms with van der Waals surface area (Å²) in [5.41, 5.74) is 2.72. The molecule has 1 rings (SSSR count). The van der Waals surface area contributed by atoms with Crippen molar-refractivity contribution in [1.29, 1.82) is 0 Å². The SMILES string of the molecule is CC(C)OC(=O)N1C=CC=CN1. The molecule has 0 aromatic heterocycles. The number of allylic oxidation sites excluding steroid dienone is 2. The fraction of sp³-hybridized carbons (Fsp3) is 0.375. The Morgan fingerprint density at radius 3 is 2.75 bits per heavy atom. The van der Waals surface area contributed by atoms with Gasteiger partial charge in [-0.15, -0.1) is 0 Å². The molecular formula is C8H12N2O2. The molecule has 0 spiro atoms. The van der Waals surface area contributed by atoms with Gasteiger partial charge in [-0.2, -0.15) is 5.01 Å². The van der Waals surface area contributed by atoms with Crippen LogP contribution in [0.5, 0.6) is 0 Å². The molecule has 0 saturated carbocycles. The number of ether oxygens (including phenoxy) is 1. The topological polar surface area (TPSA) is 41.6 Å². The van der Waals surface area contributed by atoms with Gasteiger partial charge < -0.3 is 4.74 Å². The van der Waals surface area contributed by atoms with Crippen LogP contribution in [0.4, 0.5) is 4.79 Å². The number of hydrogen-bond donors (Lipinski definition) is 1. The third kappa shape index (κ3) is 2.30. The zero-order valence-corrected chi connectivity index (χ0v) is 7.15. The Morgan fingerprint density at radius 2 is 2.25 bits per heavy atom. The summed E-state index contributed by atoms with van der Waals surface area (Å²) in [6.07, 6.45) is 6.30. The summed E-state index contributed by atoms with van der Waals surface area (Å²) in [6.45, 7) is 3.61. The van der Waals surface area contributed by atoms with Gasteiger partial charge in [-0.3, -0.25) is 5.43 Å². The van der Waals surface area contributed by atoms with Gasteiger partial charge in [-0.05, 0) is 26.0 Å². The van der Waals surface area contributed by atoms with Gasteiger partial charge in [0.2, 0.25) is 0 Å². The predicted molar refractivity (Wildman–Crippen MR) is 44.9 cm³/mol. The molecule has 1 heterocycles. The Bertz CT molecular complexity index is 221.